The number of hydrogen-bond donors (Lipinski definition) is 3. The lowest BCUT2D eigenvalue weighted by Gasteiger charge is -2.35. The van der Waals surface area contributed by atoms with Gasteiger partial charge in [-0.15, -0.1) is 0 Å². The summed E-state index contributed by atoms with van der Waals surface area (Å²) < 4.78 is 22.8. The highest BCUT2D eigenvalue weighted by atomic mass is 16.6. The van der Waals surface area contributed by atoms with E-state index in [0.29, 0.717) is 60.4 Å². The van der Waals surface area contributed by atoms with E-state index in [1.54, 1.807) is 46.2 Å². The van der Waals surface area contributed by atoms with Crippen LogP contribution < -0.4 is 15.2 Å². The van der Waals surface area contributed by atoms with Crippen molar-refractivity contribution in [1.29, 1.82) is 10.8 Å². The van der Waals surface area contributed by atoms with E-state index in [1.807, 2.05) is 0 Å². The predicted octanol–water partition coefficient (Wildman–Crippen LogP) is 1.18. The summed E-state index contributed by atoms with van der Waals surface area (Å²) in [6.07, 6.45) is 5.61. The molecule has 4 heterocycles. The normalized spacial score (nSPS) is 22.3. The van der Waals surface area contributed by atoms with E-state index in [9.17, 15) is 9.59 Å². The number of carbonyl (C=O) groups excluding carboxylic acids is 2. The Morgan fingerprint density at radius 3 is 2.10 bits per heavy atom. The average molecular weight is 529 g/mol. The van der Waals surface area contributed by atoms with E-state index in [0.717, 1.165) is 0 Å². The van der Waals surface area contributed by atoms with Crippen LogP contribution in [-0.2, 0) is 14.3 Å². The van der Waals surface area contributed by atoms with Crippen LogP contribution in [0.3, 0.4) is 0 Å². The smallest absolute Gasteiger partial charge is 0.259 e. The van der Waals surface area contributed by atoms with E-state index in [2.05, 4.69) is 16.7 Å². The Hall–Kier alpha value is -4.89. The average Bonchev–Trinajstić information content (AvgIpc) is 3.88. The molecule has 2 aliphatic carbocycles. The van der Waals surface area contributed by atoms with Crippen LogP contribution in [0.4, 0.5) is 0 Å². The van der Waals surface area contributed by atoms with Crippen molar-refractivity contribution in [2.45, 2.75) is 18.6 Å². The minimum absolute atomic E-state index is 0.00832. The van der Waals surface area contributed by atoms with E-state index in [4.69, 9.17) is 35.5 Å². The molecule has 12 heteroatoms. The summed E-state index contributed by atoms with van der Waals surface area (Å²) in [4.78, 5) is 33.6. The molecule has 2 amide bonds. The second-order valence-corrected chi connectivity index (χ2v) is 9.23. The number of epoxide rings is 2. The quantitative estimate of drug-likeness (QED) is 0.350. The lowest BCUT2D eigenvalue weighted by molar-refractivity contribution is -0.132. The summed E-state index contributed by atoms with van der Waals surface area (Å²) in [7, 11) is 0. The molecule has 0 spiro atoms. The third-order valence-electron chi connectivity index (χ3n) is 6.75. The Morgan fingerprint density at radius 2 is 1.51 bits per heavy atom. The van der Waals surface area contributed by atoms with Gasteiger partial charge in [-0.2, -0.15) is 4.98 Å². The molecule has 0 aromatic carbocycles. The molecule has 3 fully saturated rings. The molecule has 2 atom stereocenters. The SMILES string of the molecule is N=C=C1C=C2OC2=CC1Oc1ccc(C(=O)N2CCN(C(=O)CCN)CC2)c(OC2C=C3OC3=CC2=C=N)n1. The van der Waals surface area contributed by atoms with Crippen LogP contribution in [-0.4, -0.2) is 83.3 Å². The number of aromatic nitrogens is 1. The standard InChI is InChI=1S/C27H24N6O6/c28-4-3-25(34)32-5-7-33(8-6-32)27(35)17-1-2-24(38-18-11-22-20(36-22)9-15(18)13-29)31-26(17)39-19-12-23-21(37-23)10-16(19)14-30/h1-2,9-12,18-19,29-30H,3-8,28H2. The van der Waals surface area contributed by atoms with Crippen molar-refractivity contribution in [3.63, 3.8) is 0 Å². The molecule has 4 N–H and O–H groups in total. The zero-order chi connectivity index (χ0) is 27.1. The number of amides is 2. The number of hydrogen-bond acceptors (Lipinski definition) is 10. The number of nitrogens with two attached hydrogens (primary N) is 1. The van der Waals surface area contributed by atoms with Crippen molar-refractivity contribution in [2.24, 2.45) is 5.73 Å². The van der Waals surface area contributed by atoms with Crippen LogP contribution in [0, 0.1) is 10.8 Å². The highest BCUT2D eigenvalue weighted by molar-refractivity contribution is 5.96. The fourth-order valence-corrected chi connectivity index (χ4v) is 4.53. The number of pyridine rings is 1. The van der Waals surface area contributed by atoms with Gasteiger partial charge >= 0.3 is 0 Å². The van der Waals surface area contributed by atoms with E-state index in [1.165, 1.54) is 0 Å². The van der Waals surface area contributed by atoms with Crippen LogP contribution in [0.2, 0.25) is 0 Å². The number of fused-ring (bicyclic) bond motifs is 2. The maximum absolute atomic E-state index is 13.6. The molecular weight excluding hydrogens is 504 g/mol. The second kappa shape index (κ2) is 9.77. The van der Waals surface area contributed by atoms with Crippen molar-refractivity contribution >= 4 is 23.6 Å². The predicted molar refractivity (Wildman–Crippen MR) is 136 cm³/mol. The molecular formula is C27H24N6O6. The molecule has 198 valence electrons. The van der Waals surface area contributed by atoms with Crippen molar-refractivity contribution in [2.75, 3.05) is 32.7 Å². The zero-order valence-electron chi connectivity index (χ0n) is 20.7. The van der Waals surface area contributed by atoms with Gasteiger partial charge in [0.15, 0.2) is 35.2 Å². The van der Waals surface area contributed by atoms with E-state index >= 15 is 0 Å². The molecule has 12 nitrogen and oxygen atoms in total. The van der Waals surface area contributed by atoms with Crippen molar-refractivity contribution in [3.05, 3.63) is 76.2 Å². The molecule has 5 aliphatic rings. The number of nitrogens with zero attached hydrogens (tertiary/aromatic N) is 3. The first kappa shape index (κ1) is 24.4. The van der Waals surface area contributed by atoms with Gasteiger partial charge < -0.3 is 34.5 Å². The summed E-state index contributed by atoms with van der Waals surface area (Å²) in [6.45, 7) is 1.79. The van der Waals surface area contributed by atoms with Gasteiger partial charge in [0.2, 0.25) is 17.7 Å². The molecule has 0 radical (unpaired) electrons. The molecule has 3 aliphatic heterocycles. The molecule has 2 unspecified atom stereocenters. The monoisotopic (exact) mass is 528 g/mol. The maximum Gasteiger partial charge on any atom is 0.259 e. The largest absolute Gasteiger partial charge is 0.464 e. The molecule has 1 aromatic rings. The van der Waals surface area contributed by atoms with Gasteiger partial charge in [0.1, 0.15) is 5.56 Å². The van der Waals surface area contributed by atoms with Gasteiger partial charge in [-0.1, -0.05) is 0 Å². The van der Waals surface area contributed by atoms with Crippen LogP contribution in [0.15, 0.2) is 70.6 Å². The fraction of sp³-hybridized carbons (Fsp3) is 0.296. The van der Waals surface area contributed by atoms with Crippen LogP contribution in [0.1, 0.15) is 16.8 Å². The van der Waals surface area contributed by atoms with Gasteiger partial charge in [-0.05, 0) is 17.8 Å². The number of ether oxygens (including phenoxy) is 4. The van der Waals surface area contributed by atoms with Gasteiger partial charge in [0.25, 0.3) is 5.91 Å². The summed E-state index contributed by atoms with van der Waals surface area (Å²) in [5, 5.41) is 15.2. The first-order chi connectivity index (χ1) is 19.0. The number of nitrogens with one attached hydrogen (secondary N) is 2. The third-order valence-corrected chi connectivity index (χ3v) is 6.75. The van der Waals surface area contributed by atoms with Crippen molar-refractivity contribution in [3.8, 4) is 11.8 Å². The number of rotatable bonds is 7. The molecule has 39 heavy (non-hydrogen) atoms. The van der Waals surface area contributed by atoms with Crippen LogP contribution in [0.25, 0.3) is 0 Å². The van der Waals surface area contributed by atoms with Gasteiger partial charge in [-0.25, -0.2) is 0 Å². The first-order valence-electron chi connectivity index (χ1n) is 12.4. The zero-order valence-corrected chi connectivity index (χ0v) is 20.7. The summed E-state index contributed by atoms with van der Waals surface area (Å²) in [5.41, 5.74) is 6.59. The molecule has 1 aromatic heterocycles. The summed E-state index contributed by atoms with van der Waals surface area (Å²) in [6, 6.07) is 3.13. The van der Waals surface area contributed by atoms with Gasteiger partial charge in [-0.3, -0.25) is 20.4 Å². The Morgan fingerprint density at radius 1 is 0.923 bits per heavy atom. The first-order valence-corrected chi connectivity index (χ1v) is 12.4. The number of carbonyl (C=O) groups is 2. The van der Waals surface area contributed by atoms with E-state index < -0.39 is 12.2 Å². The Kier molecular flexibility index (Phi) is 6.12. The Labute approximate surface area is 223 Å². The topological polar surface area (TPSA) is 171 Å². The highest BCUT2D eigenvalue weighted by Crippen LogP contribution is 2.40. The lowest BCUT2D eigenvalue weighted by Crippen LogP contribution is -2.51. The molecule has 6 rings (SSSR count). The summed E-state index contributed by atoms with van der Waals surface area (Å²) in [5.74, 6) is 7.18. The van der Waals surface area contributed by atoms with Gasteiger partial charge in [0, 0.05) is 69.5 Å². The van der Waals surface area contributed by atoms with Gasteiger partial charge in [0.05, 0.1) is 11.1 Å². The van der Waals surface area contributed by atoms with E-state index in [-0.39, 0.29) is 42.1 Å². The van der Waals surface area contributed by atoms with Crippen LogP contribution in [0.5, 0.6) is 11.8 Å². The Balaban J connectivity index is 1.26. The molecule has 0 bridgehead atoms. The van der Waals surface area contributed by atoms with Crippen molar-refractivity contribution < 1.29 is 28.5 Å². The fourth-order valence-electron chi connectivity index (χ4n) is 4.53. The van der Waals surface area contributed by atoms with Crippen molar-refractivity contribution in [1.82, 2.24) is 14.8 Å². The summed E-state index contributed by atoms with van der Waals surface area (Å²) >= 11 is 0. The second-order valence-electron chi connectivity index (χ2n) is 9.23. The minimum Gasteiger partial charge on any atom is -0.464 e. The minimum atomic E-state index is -0.747. The maximum atomic E-state index is 13.6. The molecule has 0 saturated carbocycles. The molecule has 3 saturated heterocycles. The Bertz CT molecular complexity index is 1500. The number of piperazine rings is 1. The lowest BCUT2D eigenvalue weighted by atomic mass is 10.1. The van der Waals surface area contributed by atoms with Crippen LogP contribution >= 0.6 is 0 Å². The third kappa shape index (κ3) is 4.87. The highest BCUT2D eigenvalue weighted by Gasteiger charge is 2.36.